The first-order valence-corrected chi connectivity index (χ1v) is 10.3. The van der Waals surface area contributed by atoms with Gasteiger partial charge >= 0.3 is 5.97 Å². The fourth-order valence-electron chi connectivity index (χ4n) is 2.13. The number of ether oxygens (including phenoxy) is 1. The number of thiazole rings is 1. The summed E-state index contributed by atoms with van der Waals surface area (Å²) in [6.07, 6.45) is 2.87. The molecule has 3 aromatic rings. The second-order valence-electron chi connectivity index (χ2n) is 5.67. The molecule has 0 fully saturated rings. The molecule has 0 aliphatic heterocycles. The number of hydrogen-bond donors (Lipinski definition) is 1. The minimum Gasteiger partial charge on any atom is -0.462 e. The number of esters is 1. The van der Waals surface area contributed by atoms with E-state index in [9.17, 15) is 13.2 Å². The maximum Gasteiger partial charge on any atom is 0.307 e. The van der Waals surface area contributed by atoms with E-state index in [4.69, 9.17) is 9.15 Å². The predicted molar refractivity (Wildman–Crippen MR) is 97.4 cm³/mol. The second-order valence-corrected chi connectivity index (χ2v) is 8.24. The van der Waals surface area contributed by atoms with Crippen molar-refractivity contribution in [3.8, 4) is 10.8 Å². The lowest BCUT2D eigenvalue weighted by Gasteiger charge is -2.05. The van der Waals surface area contributed by atoms with E-state index in [1.165, 1.54) is 17.5 Å². The van der Waals surface area contributed by atoms with Crippen LogP contribution in [0.1, 0.15) is 17.9 Å². The molecule has 0 spiro atoms. The Hall–Kier alpha value is -2.50. The van der Waals surface area contributed by atoms with Gasteiger partial charge in [-0.2, -0.15) is 0 Å². The first-order valence-electron chi connectivity index (χ1n) is 7.98. The normalized spacial score (nSPS) is 11.6. The summed E-state index contributed by atoms with van der Waals surface area (Å²) in [6, 6.07) is 3.56. The van der Waals surface area contributed by atoms with Gasteiger partial charge in [0.05, 0.1) is 18.4 Å². The summed E-state index contributed by atoms with van der Waals surface area (Å²) in [7, 11) is -2.05. The minimum atomic E-state index is -3.76. The molecule has 0 radical (unpaired) electrons. The molecule has 0 aliphatic carbocycles. The van der Waals surface area contributed by atoms with Crippen molar-refractivity contribution in [1.29, 1.82) is 0 Å². The first-order chi connectivity index (χ1) is 12.8. The molecule has 9 nitrogen and oxygen atoms in total. The van der Waals surface area contributed by atoms with Crippen LogP contribution in [0.25, 0.3) is 10.8 Å². The summed E-state index contributed by atoms with van der Waals surface area (Å²) < 4.78 is 38.6. The van der Waals surface area contributed by atoms with Crippen LogP contribution < -0.4 is 4.72 Å². The molecule has 0 saturated heterocycles. The molecule has 0 bridgehead atoms. The van der Waals surface area contributed by atoms with Gasteiger partial charge in [0.15, 0.2) is 15.8 Å². The van der Waals surface area contributed by atoms with Crippen molar-refractivity contribution >= 4 is 27.3 Å². The number of rotatable bonds is 8. The van der Waals surface area contributed by atoms with Gasteiger partial charge in [-0.05, 0) is 19.1 Å². The zero-order valence-electron chi connectivity index (χ0n) is 14.7. The van der Waals surface area contributed by atoms with Gasteiger partial charge < -0.3 is 13.7 Å². The highest BCUT2D eigenvalue weighted by molar-refractivity contribution is 7.89. The fourth-order valence-corrected chi connectivity index (χ4v) is 3.97. The standard InChI is InChI=1S/C16H18N4O5S2/c1-11-18-14(8-20(11)2)27(22,23)17-6-5-15(21)25-9-12-10-26-16(19-12)13-4-3-7-24-13/h3-4,7-8,10,17H,5-6,9H2,1-2H3. The molecular weight excluding hydrogens is 392 g/mol. The van der Waals surface area contributed by atoms with E-state index in [1.807, 2.05) is 0 Å². The van der Waals surface area contributed by atoms with Gasteiger partial charge in [0.1, 0.15) is 12.4 Å². The maximum atomic E-state index is 12.1. The largest absolute Gasteiger partial charge is 0.462 e. The predicted octanol–water partition coefficient (Wildman–Crippen LogP) is 1.86. The molecule has 1 N–H and O–H groups in total. The molecule has 144 valence electrons. The number of hydrogen-bond acceptors (Lipinski definition) is 8. The van der Waals surface area contributed by atoms with Crippen LogP contribution in [0.2, 0.25) is 0 Å². The number of aryl methyl sites for hydroxylation is 2. The third-order valence-corrected chi connectivity index (χ3v) is 5.88. The Morgan fingerprint density at radius 1 is 1.41 bits per heavy atom. The summed E-state index contributed by atoms with van der Waals surface area (Å²) in [4.78, 5) is 20.1. The number of carbonyl (C=O) groups is 1. The average molecular weight is 410 g/mol. The van der Waals surface area contributed by atoms with E-state index < -0.39 is 16.0 Å². The number of imidazole rings is 1. The lowest BCUT2D eigenvalue weighted by molar-refractivity contribution is -0.144. The summed E-state index contributed by atoms with van der Waals surface area (Å²) in [5, 5.41) is 2.39. The van der Waals surface area contributed by atoms with Crippen molar-refractivity contribution in [1.82, 2.24) is 19.3 Å². The quantitative estimate of drug-likeness (QED) is 0.563. The van der Waals surface area contributed by atoms with Gasteiger partial charge in [0.25, 0.3) is 10.0 Å². The lowest BCUT2D eigenvalue weighted by atomic mass is 10.4. The molecule has 3 aromatic heterocycles. The second kappa shape index (κ2) is 8.03. The highest BCUT2D eigenvalue weighted by Gasteiger charge is 2.18. The molecule has 0 atom stereocenters. The molecule has 0 saturated carbocycles. The zero-order valence-corrected chi connectivity index (χ0v) is 16.3. The monoisotopic (exact) mass is 410 g/mol. The van der Waals surface area contributed by atoms with Crippen molar-refractivity contribution in [2.45, 2.75) is 25.0 Å². The number of furan rings is 1. The van der Waals surface area contributed by atoms with Gasteiger partial charge in [0, 0.05) is 25.2 Å². The Kier molecular flexibility index (Phi) is 5.73. The van der Waals surface area contributed by atoms with Gasteiger partial charge in [-0.25, -0.2) is 23.1 Å². The van der Waals surface area contributed by atoms with Gasteiger partial charge in [0.2, 0.25) is 0 Å². The Morgan fingerprint density at radius 2 is 2.22 bits per heavy atom. The van der Waals surface area contributed by atoms with Crippen molar-refractivity contribution in [3.63, 3.8) is 0 Å². The summed E-state index contributed by atoms with van der Waals surface area (Å²) in [5.41, 5.74) is 0.601. The third-order valence-electron chi connectivity index (χ3n) is 3.65. The van der Waals surface area contributed by atoms with Crippen LogP contribution in [0.3, 0.4) is 0 Å². The zero-order chi connectivity index (χ0) is 19.4. The maximum absolute atomic E-state index is 12.1. The molecule has 0 aliphatic rings. The number of nitrogens with zero attached hydrogens (tertiary/aromatic N) is 3. The highest BCUT2D eigenvalue weighted by Crippen LogP contribution is 2.24. The summed E-state index contributed by atoms with van der Waals surface area (Å²) >= 11 is 1.38. The average Bonchev–Trinajstić information content (AvgIpc) is 3.34. The minimum absolute atomic E-state index is 0.0161. The molecule has 3 heterocycles. The van der Waals surface area contributed by atoms with Crippen LogP contribution in [0.4, 0.5) is 0 Å². The number of aromatic nitrogens is 3. The molecule has 3 rings (SSSR count). The van der Waals surface area contributed by atoms with Gasteiger partial charge in [-0.1, -0.05) is 0 Å². The smallest absolute Gasteiger partial charge is 0.307 e. The van der Waals surface area contributed by atoms with Crippen molar-refractivity contribution < 1.29 is 22.4 Å². The first kappa shape index (κ1) is 19.3. The van der Waals surface area contributed by atoms with E-state index >= 15 is 0 Å². The van der Waals surface area contributed by atoms with Crippen molar-refractivity contribution in [2.24, 2.45) is 7.05 Å². The Morgan fingerprint density at radius 3 is 2.89 bits per heavy atom. The topological polar surface area (TPSA) is 116 Å². The van der Waals surface area contributed by atoms with Crippen LogP contribution in [0.5, 0.6) is 0 Å². The van der Waals surface area contributed by atoms with E-state index in [1.54, 1.807) is 42.3 Å². The fraction of sp³-hybridized carbons (Fsp3) is 0.312. The summed E-state index contributed by atoms with van der Waals surface area (Å²) in [6.45, 7) is 1.64. The van der Waals surface area contributed by atoms with Crippen molar-refractivity contribution in [3.05, 3.63) is 41.5 Å². The van der Waals surface area contributed by atoms with Crippen LogP contribution in [-0.2, 0) is 33.2 Å². The number of sulfonamides is 1. The summed E-state index contributed by atoms with van der Waals surface area (Å²) in [5.74, 6) is 0.700. The van der Waals surface area contributed by atoms with Crippen LogP contribution >= 0.6 is 11.3 Å². The molecule has 0 amide bonds. The molecule has 0 unspecified atom stereocenters. The highest BCUT2D eigenvalue weighted by atomic mass is 32.2. The van der Waals surface area contributed by atoms with Crippen LogP contribution in [0, 0.1) is 6.92 Å². The molecular formula is C16H18N4O5S2. The van der Waals surface area contributed by atoms with E-state index in [-0.39, 0.29) is 24.6 Å². The van der Waals surface area contributed by atoms with Crippen LogP contribution in [0.15, 0.2) is 39.4 Å². The van der Waals surface area contributed by atoms with E-state index in [0.29, 0.717) is 22.3 Å². The Balaban J connectivity index is 1.45. The molecule has 11 heteroatoms. The molecule has 27 heavy (non-hydrogen) atoms. The number of nitrogens with one attached hydrogen (secondary N) is 1. The number of carbonyl (C=O) groups excluding carboxylic acids is 1. The molecule has 0 aromatic carbocycles. The third kappa shape index (κ3) is 4.81. The van der Waals surface area contributed by atoms with E-state index in [2.05, 4.69) is 14.7 Å². The van der Waals surface area contributed by atoms with Gasteiger partial charge in [-0.15, -0.1) is 11.3 Å². The van der Waals surface area contributed by atoms with E-state index in [0.717, 1.165) is 0 Å². The lowest BCUT2D eigenvalue weighted by Crippen LogP contribution is -2.27. The Bertz CT molecular complexity index is 1000. The SMILES string of the molecule is Cc1nc(S(=O)(=O)NCCC(=O)OCc2csc(-c3ccco3)n2)cn1C. The van der Waals surface area contributed by atoms with Crippen molar-refractivity contribution in [2.75, 3.05) is 6.54 Å². The Labute approximate surface area is 160 Å². The van der Waals surface area contributed by atoms with Crippen LogP contribution in [-0.4, -0.2) is 35.5 Å². The van der Waals surface area contributed by atoms with Gasteiger partial charge in [-0.3, -0.25) is 4.79 Å².